The molecule has 104 valence electrons. The number of esters is 1. The van der Waals surface area contributed by atoms with Crippen LogP contribution in [0.4, 0.5) is 0 Å². The monoisotopic (exact) mass is 328 g/mol. The number of nitriles is 1. The van der Waals surface area contributed by atoms with E-state index in [0.29, 0.717) is 15.9 Å². The van der Waals surface area contributed by atoms with Crippen LogP contribution >= 0.6 is 15.9 Å². The highest BCUT2D eigenvalue weighted by Gasteiger charge is 2.30. The summed E-state index contributed by atoms with van der Waals surface area (Å²) in [6.07, 6.45) is 0. The van der Waals surface area contributed by atoms with E-state index in [1.54, 1.807) is 34.9 Å². The maximum absolute atomic E-state index is 12.1. The molecule has 0 spiro atoms. The largest absolute Gasteiger partial charge is 0.459 e. The van der Waals surface area contributed by atoms with Crippen LogP contribution in [0.2, 0.25) is 0 Å². The number of hydrogen-bond acceptors (Lipinski definition) is 5. The van der Waals surface area contributed by atoms with Gasteiger partial charge < -0.3 is 10.1 Å². The minimum atomic E-state index is -0.720. The molecule has 0 aliphatic heterocycles. The lowest BCUT2D eigenvalue weighted by molar-refractivity contribution is -0.157. The van der Waals surface area contributed by atoms with Gasteiger partial charge >= 0.3 is 5.97 Å². The van der Waals surface area contributed by atoms with E-state index < -0.39 is 17.6 Å². The molecule has 0 saturated carbocycles. The standard InChI is InChI=1S/C12H17BrN4O2/c1-12(2,3)19-11(18)10(15-4)9-8(13)7(6-14)17(5)16-9/h10,15H,1-5H3. The van der Waals surface area contributed by atoms with Gasteiger partial charge in [0.15, 0.2) is 11.7 Å². The van der Waals surface area contributed by atoms with Gasteiger partial charge in [-0.05, 0) is 43.7 Å². The molecular formula is C12H17BrN4O2. The predicted octanol–water partition coefficient (Wildman–Crippen LogP) is 1.66. The van der Waals surface area contributed by atoms with E-state index in [1.807, 2.05) is 6.07 Å². The molecule has 0 aromatic carbocycles. The van der Waals surface area contributed by atoms with Crippen molar-refractivity contribution in [3.63, 3.8) is 0 Å². The summed E-state index contributed by atoms with van der Waals surface area (Å²) in [7, 11) is 3.29. The molecule has 0 aliphatic rings. The summed E-state index contributed by atoms with van der Waals surface area (Å²) in [5, 5.41) is 16.1. The van der Waals surface area contributed by atoms with E-state index in [0.717, 1.165) is 0 Å². The van der Waals surface area contributed by atoms with E-state index in [9.17, 15) is 4.79 Å². The van der Waals surface area contributed by atoms with Gasteiger partial charge in [-0.1, -0.05) is 0 Å². The van der Waals surface area contributed by atoms with Gasteiger partial charge in [-0.2, -0.15) is 10.4 Å². The van der Waals surface area contributed by atoms with Gasteiger partial charge in [-0.25, -0.2) is 4.79 Å². The Bertz CT molecular complexity index is 525. The van der Waals surface area contributed by atoms with E-state index in [1.165, 1.54) is 4.68 Å². The molecule has 1 atom stereocenters. The quantitative estimate of drug-likeness (QED) is 0.853. The summed E-state index contributed by atoms with van der Waals surface area (Å²) in [6.45, 7) is 5.39. The molecule has 0 fully saturated rings. The third-order valence-corrected chi connectivity index (χ3v) is 3.11. The molecule has 0 radical (unpaired) electrons. The van der Waals surface area contributed by atoms with Crippen molar-refractivity contribution < 1.29 is 9.53 Å². The first kappa shape index (κ1) is 15.7. The lowest BCUT2D eigenvalue weighted by Crippen LogP contribution is -2.33. The van der Waals surface area contributed by atoms with Crippen molar-refractivity contribution >= 4 is 21.9 Å². The first-order valence-electron chi connectivity index (χ1n) is 5.74. The van der Waals surface area contributed by atoms with E-state index in [-0.39, 0.29) is 0 Å². The van der Waals surface area contributed by atoms with Crippen molar-refractivity contribution in [3.05, 3.63) is 15.9 Å². The second-order valence-electron chi connectivity index (χ2n) is 5.04. The summed E-state index contributed by atoms with van der Waals surface area (Å²) >= 11 is 3.30. The number of halogens is 1. The fourth-order valence-electron chi connectivity index (χ4n) is 1.55. The van der Waals surface area contributed by atoms with Gasteiger partial charge in [0, 0.05) is 7.05 Å². The van der Waals surface area contributed by atoms with Crippen LogP contribution in [0.1, 0.15) is 38.2 Å². The minimum Gasteiger partial charge on any atom is -0.459 e. The van der Waals surface area contributed by atoms with E-state index in [4.69, 9.17) is 10.00 Å². The molecule has 7 heteroatoms. The SMILES string of the molecule is CNC(C(=O)OC(C)(C)C)c1nn(C)c(C#N)c1Br. The second-order valence-corrected chi connectivity index (χ2v) is 5.83. The third-order valence-electron chi connectivity index (χ3n) is 2.32. The Morgan fingerprint density at radius 2 is 2.16 bits per heavy atom. The number of hydrogen-bond donors (Lipinski definition) is 1. The maximum atomic E-state index is 12.1. The summed E-state index contributed by atoms with van der Waals surface area (Å²) in [5.41, 5.74) is 0.223. The zero-order chi connectivity index (χ0) is 14.8. The van der Waals surface area contributed by atoms with Crippen LogP contribution in [0.3, 0.4) is 0 Å². The first-order chi connectivity index (χ1) is 8.71. The number of likely N-dealkylation sites (N-methyl/N-ethyl adjacent to an activating group) is 1. The lowest BCUT2D eigenvalue weighted by atomic mass is 10.1. The highest BCUT2D eigenvalue weighted by atomic mass is 79.9. The van der Waals surface area contributed by atoms with Crippen LogP contribution in [-0.2, 0) is 16.6 Å². The number of nitrogens with one attached hydrogen (secondary N) is 1. The van der Waals surface area contributed by atoms with Crippen LogP contribution in [-0.4, -0.2) is 28.4 Å². The van der Waals surface area contributed by atoms with E-state index >= 15 is 0 Å². The highest BCUT2D eigenvalue weighted by molar-refractivity contribution is 9.10. The van der Waals surface area contributed by atoms with Gasteiger partial charge in [-0.15, -0.1) is 0 Å². The Balaban J connectivity index is 3.12. The Labute approximate surface area is 120 Å². The van der Waals surface area contributed by atoms with Crippen LogP contribution in [0, 0.1) is 11.3 Å². The summed E-state index contributed by atoms with van der Waals surface area (Å²) < 4.78 is 7.26. The molecule has 0 bridgehead atoms. The first-order valence-corrected chi connectivity index (χ1v) is 6.53. The Kier molecular flexibility index (Phi) is 4.71. The summed E-state index contributed by atoms with van der Waals surface area (Å²) in [6, 6.07) is 1.30. The van der Waals surface area contributed by atoms with Crippen molar-refractivity contribution in [1.82, 2.24) is 15.1 Å². The molecule has 1 heterocycles. The van der Waals surface area contributed by atoms with Crippen molar-refractivity contribution in [2.45, 2.75) is 32.4 Å². The summed E-state index contributed by atoms with van der Waals surface area (Å²) in [5.74, 6) is -0.432. The lowest BCUT2D eigenvalue weighted by Gasteiger charge is -2.23. The maximum Gasteiger partial charge on any atom is 0.330 e. The van der Waals surface area contributed by atoms with Crippen LogP contribution < -0.4 is 5.32 Å². The molecule has 0 amide bonds. The molecule has 0 saturated heterocycles. The Morgan fingerprint density at radius 1 is 1.58 bits per heavy atom. The predicted molar refractivity (Wildman–Crippen MR) is 73.3 cm³/mol. The number of carbonyl (C=O) groups excluding carboxylic acids is 1. The van der Waals surface area contributed by atoms with Crippen molar-refractivity contribution in [2.75, 3.05) is 7.05 Å². The Morgan fingerprint density at radius 3 is 2.53 bits per heavy atom. The smallest absolute Gasteiger partial charge is 0.330 e. The van der Waals surface area contributed by atoms with Crippen LogP contribution in [0.25, 0.3) is 0 Å². The number of carbonyl (C=O) groups is 1. The average molecular weight is 329 g/mol. The average Bonchev–Trinajstić information content (AvgIpc) is 2.53. The highest BCUT2D eigenvalue weighted by Crippen LogP contribution is 2.27. The molecule has 1 rings (SSSR count). The topological polar surface area (TPSA) is 79.9 Å². The molecule has 19 heavy (non-hydrogen) atoms. The normalized spacial score (nSPS) is 12.9. The molecule has 0 aliphatic carbocycles. The van der Waals surface area contributed by atoms with E-state index in [2.05, 4.69) is 26.3 Å². The van der Waals surface area contributed by atoms with Gasteiger partial charge in [-0.3, -0.25) is 4.68 Å². The number of nitrogens with zero attached hydrogens (tertiary/aromatic N) is 3. The molecule has 1 unspecified atom stereocenters. The van der Waals surface area contributed by atoms with Crippen LogP contribution in [0.15, 0.2) is 4.47 Å². The Hall–Kier alpha value is -1.39. The summed E-state index contributed by atoms with van der Waals surface area (Å²) in [4.78, 5) is 12.1. The second kappa shape index (κ2) is 5.72. The fraction of sp³-hybridized carbons (Fsp3) is 0.583. The molecule has 1 aromatic rings. The van der Waals surface area contributed by atoms with Crippen LogP contribution in [0.5, 0.6) is 0 Å². The van der Waals surface area contributed by atoms with Crippen molar-refractivity contribution in [3.8, 4) is 6.07 Å². The molecule has 1 N–H and O–H groups in total. The third kappa shape index (κ3) is 3.55. The van der Waals surface area contributed by atoms with Gasteiger partial charge in [0.2, 0.25) is 0 Å². The number of aryl methyl sites for hydroxylation is 1. The van der Waals surface area contributed by atoms with Gasteiger partial charge in [0.25, 0.3) is 0 Å². The minimum absolute atomic E-state index is 0.360. The number of aromatic nitrogens is 2. The molecule has 1 aromatic heterocycles. The number of rotatable bonds is 3. The van der Waals surface area contributed by atoms with Crippen molar-refractivity contribution in [1.29, 1.82) is 5.26 Å². The molecular weight excluding hydrogens is 312 g/mol. The van der Waals surface area contributed by atoms with Gasteiger partial charge in [0.05, 0.1) is 4.47 Å². The van der Waals surface area contributed by atoms with Gasteiger partial charge in [0.1, 0.15) is 17.4 Å². The fourth-order valence-corrected chi connectivity index (χ4v) is 2.21. The zero-order valence-electron chi connectivity index (χ0n) is 11.6. The molecule has 6 nitrogen and oxygen atoms in total. The van der Waals surface area contributed by atoms with Crippen molar-refractivity contribution in [2.24, 2.45) is 7.05 Å². The zero-order valence-corrected chi connectivity index (χ0v) is 13.2. The number of ether oxygens (including phenoxy) is 1.